The second-order valence-corrected chi connectivity index (χ2v) is 5.52. The van der Waals surface area contributed by atoms with E-state index in [0.717, 1.165) is 11.1 Å². The van der Waals surface area contributed by atoms with Crippen LogP contribution in [-0.4, -0.2) is 26.8 Å². The van der Waals surface area contributed by atoms with Gasteiger partial charge in [0.1, 0.15) is 12.4 Å². The molecule has 0 saturated heterocycles. The van der Waals surface area contributed by atoms with Crippen LogP contribution in [0.25, 0.3) is 6.08 Å². The number of rotatable bonds is 8. The molecule has 0 N–H and O–H groups in total. The maximum absolute atomic E-state index is 12.1. The lowest BCUT2D eigenvalue weighted by molar-refractivity contribution is -0.138. The van der Waals surface area contributed by atoms with E-state index in [-0.39, 0.29) is 12.4 Å². The van der Waals surface area contributed by atoms with Crippen molar-refractivity contribution in [1.29, 1.82) is 0 Å². The number of benzene rings is 2. The average molecular weight is 378 g/mol. The van der Waals surface area contributed by atoms with E-state index in [1.165, 1.54) is 31.4 Å². The molecule has 0 bridgehead atoms. The standard InChI is InChI=1S/C20H20F2O5/c1-13-10-17(24-2)18(25-3)11-15(13)12-26-19(23)9-6-14-4-7-16(8-5-14)27-20(21)22/h4-11,20H,12H2,1-3H3/b9-6+. The Morgan fingerprint density at radius 1 is 1.07 bits per heavy atom. The number of hydrogen-bond donors (Lipinski definition) is 0. The molecule has 2 aromatic rings. The Morgan fingerprint density at radius 2 is 1.70 bits per heavy atom. The molecule has 0 aliphatic heterocycles. The second kappa shape index (κ2) is 9.56. The van der Waals surface area contributed by atoms with Gasteiger partial charge < -0.3 is 18.9 Å². The zero-order chi connectivity index (χ0) is 19.8. The van der Waals surface area contributed by atoms with Crippen LogP contribution in [0.4, 0.5) is 8.78 Å². The minimum atomic E-state index is -2.87. The van der Waals surface area contributed by atoms with Gasteiger partial charge in [0.15, 0.2) is 11.5 Å². The van der Waals surface area contributed by atoms with Gasteiger partial charge in [-0.15, -0.1) is 0 Å². The van der Waals surface area contributed by atoms with Crippen LogP contribution >= 0.6 is 0 Å². The van der Waals surface area contributed by atoms with Gasteiger partial charge in [0.25, 0.3) is 0 Å². The summed E-state index contributed by atoms with van der Waals surface area (Å²) in [5.74, 6) is 0.672. The summed E-state index contributed by atoms with van der Waals surface area (Å²) in [5, 5.41) is 0. The predicted octanol–water partition coefficient (Wildman–Crippen LogP) is 4.37. The SMILES string of the molecule is COc1cc(C)c(COC(=O)/C=C/c2ccc(OC(F)F)cc2)cc1OC. The maximum atomic E-state index is 12.1. The number of alkyl halides is 2. The van der Waals surface area contributed by atoms with Crippen molar-refractivity contribution in [2.24, 2.45) is 0 Å². The maximum Gasteiger partial charge on any atom is 0.387 e. The van der Waals surface area contributed by atoms with E-state index < -0.39 is 12.6 Å². The average Bonchev–Trinajstić information content (AvgIpc) is 2.65. The minimum absolute atomic E-state index is 0.0497. The van der Waals surface area contributed by atoms with Crippen molar-refractivity contribution in [2.45, 2.75) is 20.1 Å². The number of hydrogen-bond acceptors (Lipinski definition) is 5. The van der Waals surface area contributed by atoms with Gasteiger partial charge in [-0.1, -0.05) is 12.1 Å². The Kier molecular flexibility index (Phi) is 7.16. The summed E-state index contributed by atoms with van der Waals surface area (Å²) in [6, 6.07) is 9.46. The summed E-state index contributed by atoms with van der Waals surface area (Å²) in [4.78, 5) is 11.9. The lowest BCUT2D eigenvalue weighted by Gasteiger charge is -2.12. The molecule has 0 atom stereocenters. The first kappa shape index (κ1) is 20.2. The van der Waals surface area contributed by atoms with E-state index >= 15 is 0 Å². The molecule has 0 fully saturated rings. The van der Waals surface area contributed by atoms with E-state index in [0.29, 0.717) is 17.1 Å². The molecule has 2 aromatic carbocycles. The monoisotopic (exact) mass is 378 g/mol. The molecule has 144 valence electrons. The molecule has 7 heteroatoms. The Balaban J connectivity index is 1.95. The first-order valence-electron chi connectivity index (χ1n) is 8.04. The van der Waals surface area contributed by atoms with Crippen molar-refractivity contribution >= 4 is 12.0 Å². The summed E-state index contributed by atoms with van der Waals surface area (Å²) in [5.41, 5.74) is 2.35. The van der Waals surface area contributed by atoms with Gasteiger partial charge in [0.2, 0.25) is 0 Å². The van der Waals surface area contributed by atoms with E-state index in [9.17, 15) is 13.6 Å². The molecule has 0 aromatic heterocycles. The van der Waals surface area contributed by atoms with Gasteiger partial charge in [-0.2, -0.15) is 8.78 Å². The number of esters is 1. The van der Waals surface area contributed by atoms with Crippen molar-refractivity contribution in [2.75, 3.05) is 14.2 Å². The minimum Gasteiger partial charge on any atom is -0.493 e. The largest absolute Gasteiger partial charge is 0.493 e. The zero-order valence-electron chi connectivity index (χ0n) is 15.2. The van der Waals surface area contributed by atoms with Crippen LogP contribution in [0.2, 0.25) is 0 Å². The van der Waals surface area contributed by atoms with Crippen LogP contribution in [-0.2, 0) is 16.1 Å². The number of aryl methyl sites for hydroxylation is 1. The third-order valence-corrected chi connectivity index (χ3v) is 3.73. The first-order valence-corrected chi connectivity index (χ1v) is 8.04. The first-order chi connectivity index (χ1) is 12.9. The van der Waals surface area contributed by atoms with Crippen molar-refractivity contribution in [3.05, 3.63) is 59.2 Å². The van der Waals surface area contributed by atoms with Crippen LogP contribution < -0.4 is 14.2 Å². The highest BCUT2D eigenvalue weighted by Gasteiger charge is 2.10. The van der Waals surface area contributed by atoms with Crippen LogP contribution in [0, 0.1) is 6.92 Å². The lowest BCUT2D eigenvalue weighted by atomic mass is 10.1. The third kappa shape index (κ3) is 5.99. The van der Waals surface area contributed by atoms with Crippen LogP contribution in [0.1, 0.15) is 16.7 Å². The third-order valence-electron chi connectivity index (χ3n) is 3.73. The molecule has 5 nitrogen and oxygen atoms in total. The van der Waals surface area contributed by atoms with Gasteiger partial charge in [-0.05, 0) is 54.0 Å². The summed E-state index contributed by atoms with van der Waals surface area (Å²) in [6.07, 6.45) is 2.79. The molecule has 2 rings (SSSR count). The van der Waals surface area contributed by atoms with E-state index in [1.54, 1.807) is 31.4 Å². The smallest absolute Gasteiger partial charge is 0.387 e. The fraction of sp³-hybridized carbons (Fsp3) is 0.250. The molecule has 0 saturated carbocycles. The number of halogens is 2. The quantitative estimate of drug-likeness (QED) is 0.504. The number of ether oxygens (including phenoxy) is 4. The van der Waals surface area contributed by atoms with Crippen LogP contribution in [0.5, 0.6) is 17.2 Å². The molecule has 0 aliphatic rings. The van der Waals surface area contributed by atoms with Gasteiger partial charge >= 0.3 is 12.6 Å². The highest BCUT2D eigenvalue weighted by molar-refractivity contribution is 5.87. The van der Waals surface area contributed by atoms with Crippen LogP contribution in [0.15, 0.2) is 42.5 Å². The van der Waals surface area contributed by atoms with Crippen molar-refractivity contribution < 1.29 is 32.5 Å². The molecule has 0 aliphatic carbocycles. The number of carbonyl (C=O) groups excluding carboxylic acids is 1. The Bertz CT molecular complexity index is 801. The molecule has 0 heterocycles. The topological polar surface area (TPSA) is 54.0 Å². The number of methoxy groups -OCH3 is 2. The fourth-order valence-electron chi connectivity index (χ4n) is 2.30. The van der Waals surface area contributed by atoms with Gasteiger partial charge in [0, 0.05) is 6.08 Å². The predicted molar refractivity (Wildman–Crippen MR) is 96.2 cm³/mol. The Labute approximate surface area is 156 Å². The van der Waals surface area contributed by atoms with E-state index in [2.05, 4.69) is 4.74 Å². The number of carbonyl (C=O) groups is 1. The molecule has 27 heavy (non-hydrogen) atoms. The lowest BCUT2D eigenvalue weighted by Crippen LogP contribution is -2.03. The summed E-state index contributed by atoms with van der Waals surface area (Å²) in [6.45, 7) is -0.915. The molecular formula is C20H20F2O5. The highest BCUT2D eigenvalue weighted by Crippen LogP contribution is 2.30. The van der Waals surface area contributed by atoms with E-state index in [1.807, 2.05) is 6.92 Å². The normalized spacial score (nSPS) is 10.9. The van der Waals surface area contributed by atoms with Gasteiger partial charge in [0.05, 0.1) is 14.2 Å². The van der Waals surface area contributed by atoms with Crippen molar-refractivity contribution in [1.82, 2.24) is 0 Å². The summed E-state index contributed by atoms with van der Waals surface area (Å²) in [7, 11) is 3.08. The summed E-state index contributed by atoms with van der Waals surface area (Å²) >= 11 is 0. The summed E-state index contributed by atoms with van der Waals surface area (Å²) < 4.78 is 44.2. The Morgan fingerprint density at radius 3 is 2.30 bits per heavy atom. The van der Waals surface area contributed by atoms with E-state index in [4.69, 9.17) is 14.2 Å². The Hall–Kier alpha value is -3.09. The zero-order valence-corrected chi connectivity index (χ0v) is 15.2. The molecule has 0 amide bonds. The van der Waals surface area contributed by atoms with Crippen LogP contribution in [0.3, 0.4) is 0 Å². The van der Waals surface area contributed by atoms with Crippen molar-refractivity contribution in [3.8, 4) is 17.2 Å². The molecule has 0 unspecified atom stereocenters. The molecule has 0 spiro atoms. The van der Waals surface area contributed by atoms with Crippen molar-refractivity contribution in [3.63, 3.8) is 0 Å². The van der Waals surface area contributed by atoms with Gasteiger partial charge in [-0.3, -0.25) is 0 Å². The highest BCUT2D eigenvalue weighted by atomic mass is 19.3. The van der Waals surface area contributed by atoms with Gasteiger partial charge in [-0.25, -0.2) is 4.79 Å². The fourth-order valence-corrected chi connectivity index (χ4v) is 2.30. The second-order valence-electron chi connectivity index (χ2n) is 5.52. The molecular weight excluding hydrogens is 358 g/mol. The molecule has 0 radical (unpaired) electrons.